The third-order valence-corrected chi connectivity index (χ3v) is 4.11. The molecule has 0 radical (unpaired) electrons. The van der Waals surface area contributed by atoms with E-state index >= 15 is 0 Å². The number of rotatable bonds is 4. The van der Waals surface area contributed by atoms with Crippen molar-refractivity contribution >= 4 is 11.6 Å². The van der Waals surface area contributed by atoms with Gasteiger partial charge in [-0.2, -0.15) is 5.26 Å². The zero-order chi connectivity index (χ0) is 14.5. The molecule has 1 N–H and O–H groups in total. The van der Waals surface area contributed by atoms with E-state index < -0.39 is 6.10 Å². The van der Waals surface area contributed by atoms with Gasteiger partial charge in [0.2, 0.25) is 0 Å². The molecule has 0 spiro atoms. The van der Waals surface area contributed by atoms with Crippen molar-refractivity contribution < 1.29 is 5.11 Å². The highest BCUT2D eigenvalue weighted by atomic mass is 35.5. The molecule has 0 bridgehead atoms. The van der Waals surface area contributed by atoms with E-state index in [0.717, 1.165) is 11.1 Å². The van der Waals surface area contributed by atoms with Crippen molar-refractivity contribution in [3.8, 4) is 6.07 Å². The Morgan fingerprint density at radius 1 is 1.00 bits per heavy atom. The van der Waals surface area contributed by atoms with Gasteiger partial charge in [0.05, 0.1) is 23.1 Å². The normalized spacial score (nSPS) is 15.1. The Kier molecular flexibility index (Phi) is 4.79. The van der Waals surface area contributed by atoms with Crippen LogP contribution in [0.4, 0.5) is 0 Å². The molecule has 0 aliphatic rings. The fraction of sp³-hybridized carbons (Fsp3) is 0.235. The maximum atomic E-state index is 10.4. The lowest BCUT2D eigenvalue weighted by Crippen LogP contribution is -2.14. The van der Waals surface area contributed by atoms with Crippen LogP contribution in [0.5, 0.6) is 0 Å². The molecular formula is C17H16ClNO. The molecule has 0 fully saturated rings. The van der Waals surface area contributed by atoms with Gasteiger partial charge in [-0.25, -0.2) is 0 Å². The summed E-state index contributed by atoms with van der Waals surface area (Å²) >= 11 is 6.45. The summed E-state index contributed by atoms with van der Waals surface area (Å²) in [7, 11) is 0. The summed E-state index contributed by atoms with van der Waals surface area (Å²) in [4.78, 5) is 0. The van der Waals surface area contributed by atoms with Crippen LogP contribution in [0.3, 0.4) is 0 Å². The Morgan fingerprint density at radius 2 is 1.60 bits per heavy atom. The molecule has 0 aliphatic carbocycles. The van der Waals surface area contributed by atoms with Crippen LogP contribution in [0, 0.1) is 17.2 Å². The zero-order valence-electron chi connectivity index (χ0n) is 11.2. The summed E-state index contributed by atoms with van der Waals surface area (Å²) in [6.07, 6.45) is -0.662. The van der Waals surface area contributed by atoms with Crippen LogP contribution in [0.2, 0.25) is 0 Å². The molecule has 0 aromatic heterocycles. The summed E-state index contributed by atoms with van der Waals surface area (Å²) in [5.74, 6) is -0.132. The maximum absolute atomic E-state index is 10.4. The van der Waals surface area contributed by atoms with E-state index in [4.69, 9.17) is 16.9 Å². The number of benzene rings is 2. The molecule has 3 atom stereocenters. The van der Waals surface area contributed by atoms with E-state index in [0.29, 0.717) is 5.56 Å². The lowest BCUT2D eigenvalue weighted by Gasteiger charge is -2.24. The fourth-order valence-electron chi connectivity index (χ4n) is 2.16. The smallest absolute Gasteiger partial charge is 0.0991 e. The number of nitriles is 1. The van der Waals surface area contributed by atoms with E-state index in [1.54, 1.807) is 24.3 Å². The first-order valence-electron chi connectivity index (χ1n) is 6.50. The molecule has 2 nitrogen and oxygen atoms in total. The summed E-state index contributed by atoms with van der Waals surface area (Å²) in [5, 5.41) is 18.9. The largest absolute Gasteiger partial charge is 0.388 e. The van der Waals surface area contributed by atoms with Gasteiger partial charge in [0.15, 0.2) is 0 Å². The molecule has 0 saturated heterocycles. The second kappa shape index (κ2) is 6.56. The van der Waals surface area contributed by atoms with Gasteiger partial charge in [-0.3, -0.25) is 0 Å². The van der Waals surface area contributed by atoms with Gasteiger partial charge >= 0.3 is 0 Å². The van der Waals surface area contributed by atoms with E-state index in [1.807, 2.05) is 37.3 Å². The fourth-order valence-corrected chi connectivity index (χ4v) is 2.44. The van der Waals surface area contributed by atoms with Crippen LogP contribution in [-0.4, -0.2) is 5.11 Å². The van der Waals surface area contributed by atoms with Crippen LogP contribution < -0.4 is 0 Å². The van der Waals surface area contributed by atoms with Crippen LogP contribution in [0.1, 0.15) is 35.1 Å². The molecule has 0 heterocycles. The Hall–Kier alpha value is -1.82. The van der Waals surface area contributed by atoms with Crippen molar-refractivity contribution in [3.63, 3.8) is 0 Å². The van der Waals surface area contributed by atoms with Crippen LogP contribution in [-0.2, 0) is 0 Å². The van der Waals surface area contributed by atoms with Gasteiger partial charge in [0, 0.05) is 5.92 Å². The van der Waals surface area contributed by atoms with Crippen molar-refractivity contribution in [2.45, 2.75) is 18.4 Å². The molecule has 20 heavy (non-hydrogen) atoms. The van der Waals surface area contributed by atoms with Crippen LogP contribution >= 0.6 is 11.6 Å². The van der Waals surface area contributed by atoms with Gasteiger partial charge in [-0.1, -0.05) is 49.4 Å². The third kappa shape index (κ3) is 3.19. The van der Waals surface area contributed by atoms with Crippen molar-refractivity contribution in [3.05, 3.63) is 71.3 Å². The second-order valence-electron chi connectivity index (χ2n) is 4.85. The topological polar surface area (TPSA) is 44.0 Å². The number of halogens is 1. The lowest BCUT2D eigenvalue weighted by molar-refractivity contribution is 0.115. The number of aliphatic hydroxyl groups excluding tert-OH is 1. The third-order valence-electron chi connectivity index (χ3n) is 3.46. The SMILES string of the molecule is C[C@@H]([C@H](O)c1ccc(C#N)cc1)[C@H](Cl)c1ccccc1. The number of alkyl halides is 1. The first kappa shape index (κ1) is 14.6. The minimum absolute atomic E-state index is 0.132. The van der Waals surface area contributed by atoms with Gasteiger partial charge < -0.3 is 5.11 Å². The van der Waals surface area contributed by atoms with E-state index in [1.165, 1.54) is 0 Å². The van der Waals surface area contributed by atoms with Crippen molar-refractivity contribution in [1.29, 1.82) is 5.26 Å². The first-order chi connectivity index (χ1) is 9.63. The van der Waals surface area contributed by atoms with Crippen molar-refractivity contribution in [2.75, 3.05) is 0 Å². The molecule has 0 amide bonds. The molecule has 0 saturated carbocycles. The summed E-state index contributed by atoms with van der Waals surface area (Å²) in [6.45, 7) is 1.92. The highest BCUT2D eigenvalue weighted by Gasteiger charge is 2.25. The van der Waals surface area contributed by atoms with E-state index in [9.17, 15) is 5.11 Å². The number of aliphatic hydroxyl groups is 1. The van der Waals surface area contributed by atoms with Gasteiger partial charge in [-0.05, 0) is 23.3 Å². The Morgan fingerprint density at radius 3 is 2.15 bits per heavy atom. The molecule has 3 heteroatoms. The summed E-state index contributed by atoms with van der Waals surface area (Å²) < 4.78 is 0. The number of hydrogen-bond donors (Lipinski definition) is 1. The van der Waals surface area contributed by atoms with E-state index in [2.05, 4.69) is 6.07 Å². The highest BCUT2D eigenvalue weighted by Crippen LogP contribution is 2.36. The number of nitrogens with zero attached hydrogens (tertiary/aromatic N) is 1. The van der Waals surface area contributed by atoms with E-state index in [-0.39, 0.29) is 11.3 Å². The molecule has 0 aliphatic heterocycles. The number of hydrogen-bond acceptors (Lipinski definition) is 2. The van der Waals surface area contributed by atoms with Crippen molar-refractivity contribution in [2.24, 2.45) is 5.92 Å². The van der Waals surface area contributed by atoms with Crippen LogP contribution in [0.15, 0.2) is 54.6 Å². The average molecular weight is 286 g/mol. The predicted octanol–water partition coefficient (Wildman–Crippen LogP) is 4.21. The average Bonchev–Trinajstić information content (AvgIpc) is 2.53. The predicted molar refractivity (Wildman–Crippen MR) is 80.3 cm³/mol. The molecule has 2 aromatic carbocycles. The second-order valence-corrected chi connectivity index (χ2v) is 5.32. The molecule has 2 aromatic rings. The standard InChI is InChI=1S/C17H16ClNO/c1-12(16(18)14-5-3-2-4-6-14)17(20)15-9-7-13(11-19)8-10-15/h2-10,12,16-17,20H,1H3/t12-,16+,17+/m1/s1. The Bertz CT molecular complexity index is 589. The molecular weight excluding hydrogens is 270 g/mol. The van der Waals surface area contributed by atoms with Gasteiger partial charge in [0.25, 0.3) is 0 Å². The quantitative estimate of drug-likeness (QED) is 0.855. The molecule has 102 valence electrons. The minimum atomic E-state index is -0.662. The summed E-state index contributed by atoms with van der Waals surface area (Å²) in [6, 6.07) is 18.7. The minimum Gasteiger partial charge on any atom is -0.388 e. The molecule has 0 unspecified atom stereocenters. The first-order valence-corrected chi connectivity index (χ1v) is 6.94. The van der Waals surface area contributed by atoms with Crippen LogP contribution in [0.25, 0.3) is 0 Å². The zero-order valence-corrected chi connectivity index (χ0v) is 12.0. The Balaban J connectivity index is 2.15. The molecule has 2 rings (SSSR count). The maximum Gasteiger partial charge on any atom is 0.0991 e. The lowest BCUT2D eigenvalue weighted by atomic mass is 9.90. The summed E-state index contributed by atoms with van der Waals surface area (Å²) in [5.41, 5.74) is 2.35. The van der Waals surface area contributed by atoms with Gasteiger partial charge in [-0.15, -0.1) is 11.6 Å². The highest BCUT2D eigenvalue weighted by molar-refractivity contribution is 6.21. The van der Waals surface area contributed by atoms with Crippen molar-refractivity contribution in [1.82, 2.24) is 0 Å². The Labute approximate surface area is 124 Å². The monoisotopic (exact) mass is 285 g/mol. The van der Waals surface area contributed by atoms with Gasteiger partial charge in [0.1, 0.15) is 0 Å².